The number of carbonyl (C=O) groups is 2. The number of alkyl carbamates (subject to hydrolysis) is 1. The van der Waals surface area contributed by atoms with Crippen LogP contribution in [0.4, 0.5) is 13.6 Å². The van der Waals surface area contributed by atoms with E-state index >= 15 is 4.39 Å². The number of benzene rings is 1. The number of H-pyrrole nitrogens is 1. The van der Waals surface area contributed by atoms with Crippen LogP contribution in [0.15, 0.2) is 12.1 Å². The Balaban J connectivity index is 1.98. The van der Waals surface area contributed by atoms with E-state index in [2.05, 4.69) is 10.3 Å². The molecule has 0 aliphatic heterocycles. The fourth-order valence-electron chi connectivity index (χ4n) is 3.69. The van der Waals surface area contributed by atoms with Crippen molar-refractivity contribution in [2.75, 3.05) is 0 Å². The summed E-state index contributed by atoms with van der Waals surface area (Å²) in [5.41, 5.74) is 5.62. The van der Waals surface area contributed by atoms with Crippen molar-refractivity contribution in [2.45, 2.75) is 58.6 Å². The van der Waals surface area contributed by atoms with E-state index in [9.17, 15) is 14.0 Å². The Labute approximate surface area is 167 Å². The third-order valence-electron chi connectivity index (χ3n) is 4.76. The predicted molar refractivity (Wildman–Crippen MR) is 106 cm³/mol. The molecule has 0 bridgehead atoms. The lowest BCUT2D eigenvalue weighted by molar-refractivity contribution is 0.0502. The second-order valence-electron chi connectivity index (χ2n) is 8.34. The fraction of sp³-hybridized carbons (Fsp3) is 0.429. The fourth-order valence-corrected chi connectivity index (χ4v) is 3.69. The van der Waals surface area contributed by atoms with Crippen molar-refractivity contribution in [2.24, 2.45) is 5.73 Å². The summed E-state index contributed by atoms with van der Waals surface area (Å²) in [6, 6.07) is 1.38. The minimum Gasteiger partial charge on any atom is -0.444 e. The van der Waals surface area contributed by atoms with Gasteiger partial charge in [-0.1, -0.05) is 6.08 Å². The second kappa shape index (κ2) is 7.50. The van der Waals surface area contributed by atoms with Crippen molar-refractivity contribution in [3.8, 4) is 0 Å². The number of hydrogen-bond donors (Lipinski definition) is 3. The number of primary amides is 1. The summed E-state index contributed by atoms with van der Waals surface area (Å²) < 4.78 is 35.0. The maximum absolute atomic E-state index is 15.0. The molecule has 0 radical (unpaired) electrons. The lowest BCUT2D eigenvalue weighted by Gasteiger charge is -2.27. The van der Waals surface area contributed by atoms with Gasteiger partial charge in [0.05, 0.1) is 5.52 Å². The van der Waals surface area contributed by atoms with Crippen LogP contribution in [0.1, 0.15) is 61.6 Å². The lowest BCUT2D eigenvalue weighted by Crippen LogP contribution is -2.40. The quantitative estimate of drug-likeness (QED) is 0.710. The standard InChI is InChI=1S/C21H25F2N3O3/c1-10-8-13-14(16(22)17(23)15(19(24)27)18(13)25-10)11-6-5-7-12(9-11)26-20(28)29-21(2,3)4/h6,8,12,25H,5,7,9H2,1-4H3,(H2,24,27)(H,26,28). The highest BCUT2D eigenvalue weighted by atomic mass is 19.2. The Morgan fingerprint density at radius 2 is 1.97 bits per heavy atom. The number of nitrogens with one attached hydrogen (secondary N) is 2. The Hall–Kier alpha value is -2.90. The summed E-state index contributed by atoms with van der Waals surface area (Å²) in [4.78, 5) is 26.7. The smallest absolute Gasteiger partial charge is 0.407 e. The summed E-state index contributed by atoms with van der Waals surface area (Å²) >= 11 is 0. The molecule has 1 atom stereocenters. The molecule has 1 aliphatic carbocycles. The summed E-state index contributed by atoms with van der Waals surface area (Å²) in [6.45, 7) is 7.03. The molecule has 0 saturated heterocycles. The largest absolute Gasteiger partial charge is 0.444 e. The minimum atomic E-state index is -1.27. The van der Waals surface area contributed by atoms with Gasteiger partial charge >= 0.3 is 6.09 Å². The average molecular weight is 405 g/mol. The number of aromatic amines is 1. The monoisotopic (exact) mass is 405 g/mol. The molecule has 2 aromatic rings. The maximum atomic E-state index is 15.0. The molecule has 2 amide bonds. The Morgan fingerprint density at radius 1 is 1.28 bits per heavy atom. The summed E-state index contributed by atoms with van der Waals surface area (Å²) in [5, 5.41) is 3.18. The van der Waals surface area contributed by atoms with Gasteiger partial charge in [0.15, 0.2) is 11.6 Å². The molecule has 29 heavy (non-hydrogen) atoms. The maximum Gasteiger partial charge on any atom is 0.407 e. The topological polar surface area (TPSA) is 97.2 Å². The molecule has 1 heterocycles. The first-order valence-electron chi connectivity index (χ1n) is 9.47. The number of allylic oxidation sites excluding steroid dienone is 1. The third kappa shape index (κ3) is 4.26. The van der Waals surface area contributed by atoms with Crippen LogP contribution in [-0.2, 0) is 4.74 Å². The van der Waals surface area contributed by atoms with Gasteiger partial charge in [0.2, 0.25) is 0 Å². The number of amides is 2. The normalized spacial score (nSPS) is 17.2. The molecule has 8 heteroatoms. The average Bonchev–Trinajstić information content (AvgIpc) is 2.94. The first kappa shape index (κ1) is 20.8. The van der Waals surface area contributed by atoms with E-state index in [1.807, 2.05) is 6.08 Å². The molecular weight excluding hydrogens is 380 g/mol. The third-order valence-corrected chi connectivity index (χ3v) is 4.76. The molecule has 0 fully saturated rings. The van der Waals surface area contributed by atoms with Crippen molar-refractivity contribution in [1.82, 2.24) is 10.3 Å². The van der Waals surface area contributed by atoms with Crippen molar-refractivity contribution in [3.05, 3.63) is 40.6 Å². The number of hydrogen-bond acceptors (Lipinski definition) is 3. The lowest BCUT2D eigenvalue weighted by atomic mass is 9.87. The van der Waals surface area contributed by atoms with Gasteiger partial charge in [-0.05, 0) is 58.6 Å². The first-order valence-corrected chi connectivity index (χ1v) is 9.47. The zero-order valence-electron chi connectivity index (χ0n) is 16.9. The van der Waals surface area contributed by atoms with E-state index in [-0.39, 0.29) is 17.1 Å². The highest BCUT2D eigenvalue weighted by Crippen LogP contribution is 2.37. The molecule has 4 N–H and O–H groups in total. The van der Waals surface area contributed by atoms with E-state index in [0.717, 1.165) is 0 Å². The van der Waals surface area contributed by atoms with Crippen LogP contribution >= 0.6 is 0 Å². The molecule has 0 spiro atoms. The van der Waals surface area contributed by atoms with E-state index in [1.54, 1.807) is 33.8 Å². The van der Waals surface area contributed by atoms with Crippen LogP contribution < -0.4 is 11.1 Å². The Kier molecular flexibility index (Phi) is 5.38. The van der Waals surface area contributed by atoms with Gasteiger partial charge in [0, 0.05) is 22.7 Å². The van der Waals surface area contributed by atoms with Crippen molar-refractivity contribution < 1.29 is 23.1 Å². The number of ether oxygens (including phenoxy) is 1. The number of fused-ring (bicyclic) bond motifs is 1. The number of carbonyl (C=O) groups excluding carboxylic acids is 2. The molecule has 3 rings (SSSR count). The summed E-state index contributed by atoms with van der Waals surface area (Å²) in [6.07, 6.45) is 2.82. The van der Waals surface area contributed by atoms with E-state index in [4.69, 9.17) is 10.5 Å². The number of aryl methyl sites for hydroxylation is 1. The molecule has 6 nitrogen and oxygen atoms in total. The van der Waals surface area contributed by atoms with Crippen molar-refractivity contribution >= 4 is 28.5 Å². The molecule has 1 unspecified atom stereocenters. The van der Waals surface area contributed by atoms with Gasteiger partial charge < -0.3 is 20.8 Å². The molecule has 1 aromatic heterocycles. The highest BCUT2D eigenvalue weighted by Gasteiger charge is 2.29. The summed E-state index contributed by atoms with van der Waals surface area (Å²) in [7, 11) is 0. The van der Waals surface area contributed by atoms with Gasteiger partial charge in [-0.15, -0.1) is 0 Å². The van der Waals surface area contributed by atoms with Gasteiger partial charge in [0.25, 0.3) is 5.91 Å². The van der Waals surface area contributed by atoms with E-state index < -0.39 is 34.8 Å². The number of halogens is 2. The zero-order chi connectivity index (χ0) is 21.5. The van der Waals surface area contributed by atoms with Crippen LogP contribution in [0.2, 0.25) is 0 Å². The molecular formula is C21H25F2N3O3. The second-order valence-corrected chi connectivity index (χ2v) is 8.34. The molecule has 0 saturated carbocycles. The summed E-state index contributed by atoms with van der Waals surface area (Å²) in [5.74, 6) is -3.43. The highest BCUT2D eigenvalue weighted by molar-refractivity contribution is 6.08. The van der Waals surface area contributed by atoms with Gasteiger partial charge in [-0.2, -0.15) is 0 Å². The van der Waals surface area contributed by atoms with Gasteiger partial charge in [-0.3, -0.25) is 4.79 Å². The van der Waals surface area contributed by atoms with Gasteiger partial charge in [0.1, 0.15) is 11.2 Å². The van der Waals surface area contributed by atoms with Gasteiger partial charge in [-0.25, -0.2) is 13.6 Å². The number of rotatable bonds is 3. The molecule has 156 valence electrons. The molecule has 1 aromatic carbocycles. The zero-order valence-corrected chi connectivity index (χ0v) is 16.9. The predicted octanol–water partition coefficient (Wildman–Crippen LogP) is 4.31. The number of aromatic nitrogens is 1. The van der Waals surface area contributed by atoms with Crippen LogP contribution in [0.3, 0.4) is 0 Å². The van der Waals surface area contributed by atoms with Crippen molar-refractivity contribution in [1.29, 1.82) is 0 Å². The van der Waals surface area contributed by atoms with Crippen LogP contribution in [0, 0.1) is 18.6 Å². The van der Waals surface area contributed by atoms with Crippen LogP contribution in [0.5, 0.6) is 0 Å². The van der Waals surface area contributed by atoms with Crippen molar-refractivity contribution in [3.63, 3.8) is 0 Å². The number of nitrogens with two attached hydrogens (primary N) is 1. The van der Waals surface area contributed by atoms with E-state index in [0.29, 0.717) is 35.9 Å². The minimum absolute atomic E-state index is 0.0857. The van der Waals surface area contributed by atoms with E-state index in [1.165, 1.54) is 0 Å². The van der Waals surface area contributed by atoms with Crippen LogP contribution in [0.25, 0.3) is 16.5 Å². The Morgan fingerprint density at radius 3 is 2.59 bits per heavy atom. The SMILES string of the molecule is Cc1cc2c(C3=CCCC(NC(=O)OC(C)(C)C)C3)c(F)c(F)c(C(N)=O)c2[nH]1. The first-order chi connectivity index (χ1) is 13.5. The van der Waals surface area contributed by atoms with Crippen LogP contribution in [-0.4, -0.2) is 28.6 Å². The Bertz CT molecular complexity index is 1020. The molecule has 1 aliphatic rings.